The number of nitrogens with one attached hydrogen (secondary N) is 2. The van der Waals surface area contributed by atoms with Crippen LogP contribution in [-0.4, -0.2) is 35.4 Å². The highest BCUT2D eigenvalue weighted by Crippen LogP contribution is 2.22. The second-order valence-electron chi connectivity index (χ2n) is 5.90. The molecule has 0 saturated heterocycles. The molecule has 1 atom stereocenters. The Morgan fingerprint density at radius 1 is 1.27 bits per heavy atom. The molecule has 7 heteroatoms. The number of hydrogen-bond acceptors (Lipinski definition) is 5. The Kier molecular flexibility index (Phi) is 6.94. The highest BCUT2D eigenvalue weighted by molar-refractivity contribution is 5.73. The number of aryl methyl sites for hydroxylation is 2. The fourth-order valence-corrected chi connectivity index (χ4v) is 2.30. The number of carbonyl (C=O) groups excluding carboxylic acids is 1. The Balaban J connectivity index is 1.70. The standard InChI is InChI=1S/C19H22N4O3/c1-13-4-3-5-14(2)18(13)26-12-17(24)11-23-19(25)22-10-16-7-6-15(8-20)9-21-16/h3-7,9,17,24H,10-12H2,1-2H3,(H2,22,23,25). The Labute approximate surface area is 152 Å². The molecule has 1 heterocycles. The Morgan fingerprint density at radius 3 is 2.62 bits per heavy atom. The minimum atomic E-state index is -0.826. The number of aromatic nitrogens is 1. The number of aliphatic hydroxyl groups excluding tert-OH is 1. The van der Waals surface area contributed by atoms with E-state index in [2.05, 4.69) is 15.6 Å². The molecule has 0 saturated carbocycles. The van der Waals surface area contributed by atoms with Gasteiger partial charge in [0.25, 0.3) is 0 Å². The van der Waals surface area contributed by atoms with Gasteiger partial charge in [0.2, 0.25) is 0 Å². The number of urea groups is 1. The van der Waals surface area contributed by atoms with E-state index in [0.29, 0.717) is 11.3 Å². The minimum Gasteiger partial charge on any atom is -0.490 e. The monoisotopic (exact) mass is 354 g/mol. The van der Waals surface area contributed by atoms with Crippen LogP contribution in [0.15, 0.2) is 36.5 Å². The Morgan fingerprint density at radius 2 is 2.00 bits per heavy atom. The molecule has 1 aromatic heterocycles. The number of amides is 2. The molecule has 0 aliphatic heterocycles. The van der Waals surface area contributed by atoms with Crippen molar-refractivity contribution in [1.29, 1.82) is 5.26 Å². The van der Waals surface area contributed by atoms with E-state index in [1.807, 2.05) is 38.1 Å². The van der Waals surface area contributed by atoms with E-state index in [1.165, 1.54) is 6.20 Å². The number of ether oxygens (including phenoxy) is 1. The lowest BCUT2D eigenvalue weighted by Crippen LogP contribution is -2.41. The first-order valence-electron chi connectivity index (χ1n) is 8.23. The number of rotatable bonds is 7. The summed E-state index contributed by atoms with van der Waals surface area (Å²) < 4.78 is 5.65. The summed E-state index contributed by atoms with van der Waals surface area (Å²) in [6.45, 7) is 4.27. The first-order chi connectivity index (χ1) is 12.5. The van der Waals surface area contributed by atoms with Crippen molar-refractivity contribution in [3.63, 3.8) is 0 Å². The van der Waals surface area contributed by atoms with Gasteiger partial charge < -0.3 is 20.5 Å². The van der Waals surface area contributed by atoms with Crippen molar-refractivity contribution >= 4 is 6.03 Å². The van der Waals surface area contributed by atoms with Crippen molar-refractivity contribution < 1.29 is 14.6 Å². The van der Waals surface area contributed by atoms with Crippen molar-refractivity contribution in [2.45, 2.75) is 26.5 Å². The van der Waals surface area contributed by atoms with Gasteiger partial charge >= 0.3 is 6.03 Å². The molecule has 2 aromatic rings. The zero-order chi connectivity index (χ0) is 18.9. The quantitative estimate of drug-likeness (QED) is 0.703. The van der Waals surface area contributed by atoms with E-state index in [4.69, 9.17) is 10.00 Å². The fraction of sp³-hybridized carbons (Fsp3) is 0.316. The van der Waals surface area contributed by atoms with E-state index in [9.17, 15) is 9.90 Å². The molecule has 0 radical (unpaired) electrons. The lowest BCUT2D eigenvalue weighted by Gasteiger charge is -2.16. The second-order valence-corrected chi connectivity index (χ2v) is 5.90. The van der Waals surface area contributed by atoms with Crippen LogP contribution < -0.4 is 15.4 Å². The van der Waals surface area contributed by atoms with Gasteiger partial charge in [-0.2, -0.15) is 5.26 Å². The summed E-state index contributed by atoms with van der Waals surface area (Å²) in [6.07, 6.45) is 0.622. The maximum atomic E-state index is 11.8. The molecule has 1 aromatic carbocycles. The van der Waals surface area contributed by atoms with Crippen LogP contribution in [0.2, 0.25) is 0 Å². The average Bonchev–Trinajstić information content (AvgIpc) is 2.64. The van der Waals surface area contributed by atoms with Crippen LogP contribution in [0.25, 0.3) is 0 Å². The van der Waals surface area contributed by atoms with Crippen molar-refractivity contribution in [2.75, 3.05) is 13.2 Å². The molecule has 0 bridgehead atoms. The number of para-hydroxylation sites is 1. The maximum Gasteiger partial charge on any atom is 0.315 e. The number of hydrogen-bond donors (Lipinski definition) is 3. The van der Waals surface area contributed by atoms with Gasteiger partial charge in [-0.15, -0.1) is 0 Å². The van der Waals surface area contributed by atoms with Gasteiger partial charge in [0.15, 0.2) is 0 Å². The molecule has 136 valence electrons. The summed E-state index contributed by atoms with van der Waals surface area (Å²) in [5.41, 5.74) is 3.10. The van der Waals surface area contributed by atoms with E-state index >= 15 is 0 Å². The highest BCUT2D eigenvalue weighted by Gasteiger charge is 2.10. The molecular formula is C19H22N4O3. The smallest absolute Gasteiger partial charge is 0.315 e. The molecule has 3 N–H and O–H groups in total. The predicted molar refractivity (Wildman–Crippen MR) is 96.6 cm³/mol. The van der Waals surface area contributed by atoms with Crippen LogP contribution >= 0.6 is 0 Å². The van der Waals surface area contributed by atoms with Gasteiger partial charge in [-0.1, -0.05) is 18.2 Å². The van der Waals surface area contributed by atoms with Crippen molar-refractivity contribution in [1.82, 2.24) is 15.6 Å². The SMILES string of the molecule is Cc1cccc(C)c1OCC(O)CNC(=O)NCc1ccc(C#N)cn1. The maximum absolute atomic E-state index is 11.8. The highest BCUT2D eigenvalue weighted by atomic mass is 16.5. The number of pyridine rings is 1. The second kappa shape index (κ2) is 9.39. The molecule has 1 unspecified atom stereocenters. The van der Waals surface area contributed by atoms with Gasteiger partial charge in [0, 0.05) is 12.7 Å². The molecular weight excluding hydrogens is 332 g/mol. The molecule has 7 nitrogen and oxygen atoms in total. The van der Waals surface area contributed by atoms with Gasteiger partial charge in [0.05, 0.1) is 17.8 Å². The number of nitrogens with zero attached hydrogens (tertiary/aromatic N) is 2. The number of carbonyl (C=O) groups is 1. The molecule has 0 aliphatic rings. The van der Waals surface area contributed by atoms with Crippen LogP contribution in [-0.2, 0) is 6.54 Å². The average molecular weight is 354 g/mol. The summed E-state index contributed by atoms with van der Waals surface area (Å²) in [6, 6.07) is 10.7. The van der Waals surface area contributed by atoms with Crippen molar-refractivity contribution in [3.8, 4) is 11.8 Å². The molecule has 2 amide bonds. The van der Waals surface area contributed by atoms with Crippen LogP contribution in [0.4, 0.5) is 4.79 Å². The minimum absolute atomic E-state index is 0.0670. The van der Waals surface area contributed by atoms with Crippen molar-refractivity contribution in [2.24, 2.45) is 0 Å². The lowest BCUT2D eigenvalue weighted by atomic mass is 10.1. The predicted octanol–water partition coefficient (Wildman–Crippen LogP) is 1.81. The summed E-state index contributed by atoms with van der Waals surface area (Å²) in [5, 5.41) is 23.9. The van der Waals surface area contributed by atoms with Crippen LogP contribution in [0, 0.1) is 25.2 Å². The normalized spacial score (nSPS) is 11.3. The zero-order valence-electron chi connectivity index (χ0n) is 14.8. The summed E-state index contributed by atoms with van der Waals surface area (Å²) in [7, 11) is 0. The van der Waals surface area contributed by atoms with E-state index in [0.717, 1.165) is 16.9 Å². The number of benzene rings is 1. The lowest BCUT2D eigenvalue weighted by molar-refractivity contribution is 0.107. The molecule has 0 spiro atoms. The third-order valence-corrected chi connectivity index (χ3v) is 3.71. The van der Waals surface area contributed by atoms with Crippen LogP contribution in [0.3, 0.4) is 0 Å². The molecule has 26 heavy (non-hydrogen) atoms. The van der Waals surface area contributed by atoms with Crippen LogP contribution in [0.1, 0.15) is 22.4 Å². The fourth-order valence-electron chi connectivity index (χ4n) is 2.30. The first kappa shape index (κ1) is 19.2. The van der Waals surface area contributed by atoms with Gasteiger partial charge in [0.1, 0.15) is 24.5 Å². The molecule has 0 fully saturated rings. The third kappa shape index (κ3) is 5.76. The van der Waals surface area contributed by atoms with E-state index in [1.54, 1.807) is 12.1 Å². The largest absolute Gasteiger partial charge is 0.490 e. The Bertz CT molecular complexity index is 764. The molecule has 0 aliphatic carbocycles. The summed E-state index contributed by atoms with van der Waals surface area (Å²) in [5.74, 6) is 0.753. The summed E-state index contributed by atoms with van der Waals surface area (Å²) >= 11 is 0. The van der Waals surface area contributed by atoms with Gasteiger partial charge in [-0.05, 0) is 37.1 Å². The Hall–Kier alpha value is -3.11. The van der Waals surface area contributed by atoms with E-state index in [-0.39, 0.29) is 19.7 Å². The van der Waals surface area contributed by atoms with Gasteiger partial charge in [-0.3, -0.25) is 4.98 Å². The summed E-state index contributed by atoms with van der Waals surface area (Å²) in [4.78, 5) is 15.8. The first-order valence-corrected chi connectivity index (χ1v) is 8.23. The zero-order valence-corrected chi connectivity index (χ0v) is 14.8. The third-order valence-electron chi connectivity index (χ3n) is 3.71. The van der Waals surface area contributed by atoms with Crippen LogP contribution in [0.5, 0.6) is 5.75 Å². The van der Waals surface area contributed by atoms with E-state index < -0.39 is 12.1 Å². The van der Waals surface area contributed by atoms with Gasteiger partial charge in [-0.25, -0.2) is 4.79 Å². The number of aliphatic hydroxyl groups is 1. The number of nitriles is 1. The van der Waals surface area contributed by atoms with Crippen molar-refractivity contribution in [3.05, 3.63) is 58.9 Å². The topological polar surface area (TPSA) is 107 Å². The molecule has 2 rings (SSSR count).